The van der Waals surface area contributed by atoms with Gasteiger partial charge in [0.2, 0.25) is 0 Å². The number of nitrogens with one attached hydrogen (secondary N) is 1. The van der Waals surface area contributed by atoms with Gasteiger partial charge >= 0.3 is 0 Å². The van der Waals surface area contributed by atoms with Crippen molar-refractivity contribution in [1.29, 1.82) is 0 Å². The molecule has 2 nitrogen and oxygen atoms in total. The van der Waals surface area contributed by atoms with Crippen LogP contribution in [0, 0.1) is 5.82 Å². The minimum Gasteiger partial charge on any atom is -0.370 e. The number of benzene rings is 1. The zero-order valence-corrected chi connectivity index (χ0v) is 11.4. The van der Waals surface area contributed by atoms with Crippen LogP contribution in [0.2, 0.25) is 0 Å². The third kappa shape index (κ3) is 3.19. The van der Waals surface area contributed by atoms with E-state index in [2.05, 4.69) is 33.0 Å². The summed E-state index contributed by atoms with van der Waals surface area (Å²) >= 11 is 0. The van der Waals surface area contributed by atoms with Crippen LogP contribution in [0.3, 0.4) is 0 Å². The van der Waals surface area contributed by atoms with Gasteiger partial charge in [-0.25, -0.2) is 4.39 Å². The highest BCUT2D eigenvalue weighted by Gasteiger charge is 2.18. The molecule has 0 aliphatic heterocycles. The van der Waals surface area contributed by atoms with Gasteiger partial charge in [0.15, 0.2) is 0 Å². The minimum absolute atomic E-state index is 0.150. The molecule has 0 bridgehead atoms. The van der Waals surface area contributed by atoms with E-state index in [4.69, 9.17) is 0 Å². The zero-order chi connectivity index (χ0) is 13.0. The van der Waals surface area contributed by atoms with Gasteiger partial charge in [-0.05, 0) is 38.9 Å². The lowest BCUT2D eigenvalue weighted by Gasteiger charge is -2.29. The highest BCUT2D eigenvalue weighted by molar-refractivity contribution is 5.56. The molecule has 1 rings (SSSR count). The second-order valence-corrected chi connectivity index (χ2v) is 4.66. The van der Waals surface area contributed by atoms with Crippen LogP contribution < -0.4 is 10.2 Å². The first-order valence-corrected chi connectivity index (χ1v) is 6.23. The zero-order valence-electron chi connectivity index (χ0n) is 11.4. The van der Waals surface area contributed by atoms with E-state index in [1.165, 1.54) is 6.07 Å². The van der Waals surface area contributed by atoms with Crippen LogP contribution in [-0.4, -0.2) is 19.6 Å². The Balaban J connectivity index is 3.16. The molecule has 96 valence electrons. The summed E-state index contributed by atoms with van der Waals surface area (Å²) in [6.45, 7) is 9.13. The highest BCUT2D eigenvalue weighted by atomic mass is 19.1. The Labute approximate surface area is 104 Å². The molecular weight excluding hydrogens is 215 g/mol. The van der Waals surface area contributed by atoms with Crippen LogP contribution in [0.15, 0.2) is 18.2 Å². The standard InChI is InChI=1S/C14H23FN2/c1-6-16-11(4)12-8-7-9-13(15)14(12)17(5)10(2)3/h7-11,16H,6H2,1-5H3. The molecule has 0 radical (unpaired) electrons. The summed E-state index contributed by atoms with van der Waals surface area (Å²) in [6, 6.07) is 5.73. The summed E-state index contributed by atoms with van der Waals surface area (Å²) in [5.74, 6) is -0.150. The highest BCUT2D eigenvalue weighted by Crippen LogP contribution is 2.29. The van der Waals surface area contributed by atoms with Crippen molar-refractivity contribution in [1.82, 2.24) is 5.32 Å². The smallest absolute Gasteiger partial charge is 0.146 e. The molecule has 0 fully saturated rings. The van der Waals surface area contributed by atoms with E-state index in [-0.39, 0.29) is 17.9 Å². The number of halogens is 1. The van der Waals surface area contributed by atoms with Crippen molar-refractivity contribution in [3.05, 3.63) is 29.6 Å². The third-order valence-electron chi connectivity index (χ3n) is 3.12. The lowest BCUT2D eigenvalue weighted by Crippen LogP contribution is -2.29. The molecule has 0 saturated carbocycles. The predicted octanol–water partition coefficient (Wildman–Crippen LogP) is 3.34. The number of nitrogens with zero attached hydrogens (tertiary/aromatic N) is 1. The molecular formula is C14H23FN2. The monoisotopic (exact) mass is 238 g/mol. The van der Waals surface area contributed by atoms with E-state index in [0.29, 0.717) is 5.69 Å². The van der Waals surface area contributed by atoms with Crippen molar-refractivity contribution in [2.45, 2.75) is 39.8 Å². The van der Waals surface area contributed by atoms with Gasteiger partial charge in [-0.2, -0.15) is 0 Å². The van der Waals surface area contributed by atoms with E-state index in [9.17, 15) is 4.39 Å². The molecule has 1 atom stereocenters. The Morgan fingerprint density at radius 1 is 1.29 bits per heavy atom. The van der Waals surface area contributed by atoms with Gasteiger partial charge in [0.05, 0.1) is 5.69 Å². The lowest BCUT2D eigenvalue weighted by molar-refractivity contribution is 0.574. The first kappa shape index (κ1) is 14.0. The van der Waals surface area contributed by atoms with Gasteiger partial charge < -0.3 is 10.2 Å². The first-order chi connectivity index (χ1) is 7.99. The maximum absolute atomic E-state index is 14.0. The van der Waals surface area contributed by atoms with E-state index in [1.807, 2.05) is 18.0 Å². The first-order valence-electron chi connectivity index (χ1n) is 6.23. The fourth-order valence-corrected chi connectivity index (χ4v) is 1.93. The van der Waals surface area contributed by atoms with E-state index in [1.54, 1.807) is 6.07 Å². The largest absolute Gasteiger partial charge is 0.370 e. The maximum Gasteiger partial charge on any atom is 0.146 e. The Bertz CT molecular complexity index is 363. The third-order valence-corrected chi connectivity index (χ3v) is 3.12. The van der Waals surface area contributed by atoms with Gasteiger partial charge in [-0.15, -0.1) is 0 Å². The van der Waals surface area contributed by atoms with Crippen LogP contribution in [0.4, 0.5) is 10.1 Å². The second kappa shape index (κ2) is 6.01. The Morgan fingerprint density at radius 2 is 1.94 bits per heavy atom. The summed E-state index contributed by atoms with van der Waals surface area (Å²) in [5.41, 5.74) is 1.72. The fourth-order valence-electron chi connectivity index (χ4n) is 1.93. The Kier molecular flexibility index (Phi) is 4.94. The normalized spacial score (nSPS) is 12.9. The topological polar surface area (TPSA) is 15.3 Å². The number of hydrogen-bond acceptors (Lipinski definition) is 2. The summed E-state index contributed by atoms with van der Waals surface area (Å²) in [7, 11) is 1.94. The molecule has 3 heteroatoms. The van der Waals surface area contributed by atoms with Crippen molar-refractivity contribution >= 4 is 5.69 Å². The molecule has 1 N–H and O–H groups in total. The van der Waals surface area contributed by atoms with Crippen LogP contribution in [0.5, 0.6) is 0 Å². The average molecular weight is 238 g/mol. The fraction of sp³-hybridized carbons (Fsp3) is 0.571. The Hall–Kier alpha value is -1.09. The summed E-state index contributed by atoms with van der Waals surface area (Å²) in [5, 5.41) is 3.33. The number of para-hydroxylation sites is 1. The minimum atomic E-state index is -0.150. The van der Waals surface area contributed by atoms with Gasteiger partial charge in [0.1, 0.15) is 5.82 Å². The van der Waals surface area contributed by atoms with Gasteiger partial charge in [-0.1, -0.05) is 19.1 Å². The molecule has 0 amide bonds. The molecule has 1 aromatic carbocycles. The number of anilines is 1. The molecule has 1 unspecified atom stereocenters. The van der Waals surface area contributed by atoms with Crippen molar-refractivity contribution in [2.24, 2.45) is 0 Å². The molecule has 0 aliphatic carbocycles. The molecule has 0 aromatic heterocycles. The van der Waals surface area contributed by atoms with Crippen molar-refractivity contribution < 1.29 is 4.39 Å². The lowest BCUT2D eigenvalue weighted by atomic mass is 10.0. The van der Waals surface area contributed by atoms with Crippen LogP contribution in [0.1, 0.15) is 39.3 Å². The quantitative estimate of drug-likeness (QED) is 0.846. The maximum atomic E-state index is 14.0. The van der Waals surface area contributed by atoms with Crippen molar-refractivity contribution in [3.8, 4) is 0 Å². The van der Waals surface area contributed by atoms with Crippen LogP contribution in [0.25, 0.3) is 0 Å². The van der Waals surface area contributed by atoms with Crippen molar-refractivity contribution in [3.63, 3.8) is 0 Å². The van der Waals surface area contributed by atoms with Gasteiger partial charge in [0.25, 0.3) is 0 Å². The van der Waals surface area contributed by atoms with Crippen LogP contribution >= 0.6 is 0 Å². The van der Waals surface area contributed by atoms with Gasteiger partial charge in [0, 0.05) is 19.1 Å². The molecule has 0 spiro atoms. The summed E-state index contributed by atoms with van der Waals surface area (Å²) in [4.78, 5) is 1.98. The molecule has 0 aliphatic rings. The van der Waals surface area contributed by atoms with Crippen molar-refractivity contribution in [2.75, 3.05) is 18.5 Å². The van der Waals surface area contributed by atoms with E-state index >= 15 is 0 Å². The average Bonchev–Trinajstić information content (AvgIpc) is 2.28. The van der Waals surface area contributed by atoms with E-state index < -0.39 is 0 Å². The van der Waals surface area contributed by atoms with Gasteiger partial charge in [-0.3, -0.25) is 0 Å². The number of rotatable bonds is 5. The second-order valence-electron chi connectivity index (χ2n) is 4.66. The molecule has 0 saturated heterocycles. The molecule has 0 heterocycles. The predicted molar refractivity (Wildman–Crippen MR) is 72.0 cm³/mol. The number of hydrogen-bond donors (Lipinski definition) is 1. The molecule has 17 heavy (non-hydrogen) atoms. The van der Waals surface area contributed by atoms with E-state index in [0.717, 1.165) is 12.1 Å². The van der Waals surface area contributed by atoms with Crippen LogP contribution in [-0.2, 0) is 0 Å². The Morgan fingerprint density at radius 3 is 2.47 bits per heavy atom. The molecule has 1 aromatic rings. The summed E-state index contributed by atoms with van der Waals surface area (Å²) < 4.78 is 14.0. The SMILES string of the molecule is CCNC(C)c1cccc(F)c1N(C)C(C)C. The summed E-state index contributed by atoms with van der Waals surface area (Å²) in [6.07, 6.45) is 0.